The van der Waals surface area contributed by atoms with Crippen LogP contribution in [0.4, 0.5) is 4.79 Å². The van der Waals surface area contributed by atoms with Crippen molar-refractivity contribution in [2.75, 3.05) is 19.6 Å². The van der Waals surface area contributed by atoms with E-state index in [1.165, 1.54) is 0 Å². The van der Waals surface area contributed by atoms with E-state index in [0.717, 1.165) is 24.8 Å². The van der Waals surface area contributed by atoms with Crippen molar-refractivity contribution in [3.05, 3.63) is 35.9 Å². The number of ether oxygens (including phenoxy) is 1. The van der Waals surface area contributed by atoms with E-state index in [4.69, 9.17) is 9.84 Å². The van der Waals surface area contributed by atoms with Crippen molar-refractivity contribution in [1.29, 1.82) is 0 Å². The van der Waals surface area contributed by atoms with E-state index in [-0.39, 0.29) is 31.3 Å². The lowest BCUT2D eigenvalue weighted by molar-refractivity contribution is -0.138. The van der Waals surface area contributed by atoms with Crippen LogP contribution >= 0.6 is 0 Å². The van der Waals surface area contributed by atoms with Gasteiger partial charge in [0.15, 0.2) is 0 Å². The zero-order valence-corrected chi connectivity index (χ0v) is 13.1. The predicted molar refractivity (Wildman–Crippen MR) is 84.0 cm³/mol. The molecule has 1 heterocycles. The number of carboxylic acid groups (broad SMARTS) is 1. The molecule has 1 atom stereocenters. The summed E-state index contributed by atoms with van der Waals surface area (Å²) in [5, 5.41) is 8.89. The molecule has 0 spiro atoms. The topological polar surface area (TPSA) is 70.1 Å². The lowest BCUT2D eigenvalue weighted by Crippen LogP contribution is -2.44. The fourth-order valence-electron chi connectivity index (χ4n) is 3.12. The number of aliphatic carboxylic acids is 1. The van der Waals surface area contributed by atoms with Crippen molar-refractivity contribution in [1.82, 2.24) is 9.80 Å². The van der Waals surface area contributed by atoms with E-state index < -0.39 is 5.97 Å². The lowest BCUT2D eigenvalue weighted by Gasteiger charge is -2.28. The molecule has 1 saturated carbocycles. The average Bonchev–Trinajstić information content (AvgIpc) is 3.26. The Morgan fingerprint density at radius 2 is 1.91 bits per heavy atom. The van der Waals surface area contributed by atoms with E-state index in [1.54, 1.807) is 0 Å². The number of rotatable bonds is 6. The minimum atomic E-state index is -0.824. The third-order valence-electron chi connectivity index (χ3n) is 4.36. The lowest BCUT2D eigenvalue weighted by atomic mass is 10.2. The Balaban J connectivity index is 1.56. The molecule has 0 radical (unpaired) electrons. The molecular formula is C17H22N2O4. The summed E-state index contributed by atoms with van der Waals surface area (Å²) in [4.78, 5) is 27.0. The zero-order valence-electron chi connectivity index (χ0n) is 13.1. The molecule has 1 aliphatic carbocycles. The van der Waals surface area contributed by atoms with Crippen molar-refractivity contribution in [3.63, 3.8) is 0 Å². The molecule has 124 valence electrons. The summed E-state index contributed by atoms with van der Waals surface area (Å²) >= 11 is 0. The van der Waals surface area contributed by atoms with Gasteiger partial charge in [-0.1, -0.05) is 30.3 Å². The maximum atomic E-state index is 12.5. The van der Waals surface area contributed by atoms with Crippen LogP contribution in [0, 0.1) is 0 Å². The van der Waals surface area contributed by atoms with Crippen molar-refractivity contribution in [2.24, 2.45) is 0 Å². The van der Waals surface area contributed by atoms with E-state index >= 15 is 0 Å². The Kier molecular flexibility index (Phi) is 4.81. The first-order valence-electron chi connectivity index (χ1n) is 8.06. The Morgan fingerprint density at radius 3 is 2.57 bits per heavy atom. The number of nitrogens with zero attached hydrogens (tertiary/aromatic N) is 2. The third kappa shape index (κ3) is 4.22. The molecule has 0 unspecified atom stereocenters. The number of hydrogen-bond acceptors (Lipinski definition) is 4. The van der Waals surface area contributed by atoms with Crippen LogP contribution in [0.2, 0.25) is 0 Å². The fourth-order valence-corrected chi connectivity index (χ4v) is 3.12. The van der Waals surface area contributed by atoms with Crippen LogP contribution in [0.25, 0.3) is 0 Å². The number of benzene rings is 1. The average molecular weight is 318 g/mol. The zero-order chi connectivity index (χ0) is 16.2. The molecule has 23 heavy (non-hydrogen) atoms. The summed E-state index contributed by atoms with van der Waals surface area (Å²) in [7, 11) is 0. The highest BCUT2D eigenvalue weighted by atomic mass is 16.6. The Labute approximate surface area is 135 Å². The van der Waals surface area contributed by atoms with Gasteiger partial charge in [0.05, 0.1) is 6.54 Å². The van der Waals surface area contributed by atoms with Gasteiger partial charge in [0.2, 0.25) is 0 Å². The highest BCUT2D eigenvalue weighted by Gasteiger charge is 2.41. The maximum Gasteiger partial charge on any atom is 0.410 e. The quantitative estimate of drug-likeness (QED) is 0.868. The van der Waals surface area contributed by atoms with E-state index in [1.807, 2.05) is 40.1 Å². The first-order valence-corrected chi connectivity index (χ1v) is 8.06. The van der Waals surface area contributed by atoms with Gasteiger partial charge in [0.25, 0.3) is 0 Å². The maximum absolute atomic E-state index is 12.5. The number of carbonyl (C=O) groups is 2. The van der Waals surface area contributed by atoms with Gasteiger partial charge in [0, 0.05) is 25.2 Å². The SMILES string of the molecule is O=C(O)CN1CC[C@@H](N(C(=O)OCc2ccccc2)C2CC2)C1. The summed E-state index contributed by atoms with van der Waals surface area (Å²) in [6, 6.07) is 9.94. The highest BCUT2D eigenvalue weighted by Crippen LogP contribution is 2.32. The van der Waals surface area contributed by atoms with Crippen LogP contribution in [0.15, 0.2) is 30.3 Å². The molecule has 1 N–H and O–H groups in total. The normalized spacial score (nSPS) is 21.1. The minimum Gasteiger partial charge on any atom is -0.480 e. The standard InChI is InChI=1S/C17H22N2O4/c20-16(21)11-18-9-8-15(10-18)19(14-6-7-14)17(22)23-12-13-4-2-1-3-5-13/h1-5,14-15H,6-12H2,(H,20,21)/t15-/m1/s1. The third-order valence-corrected chi connectivity index (χ3v) is 4.36. The monoisotopic (exact) mass is 318 g/mol. The molecule has 1 aliphatic heterocycles. The van der Waals surface area contributed by atoms with Gasteiger partial charge in [0.1, 0.15) is 6.61 Å². The molecule has 1 saturated heterocycles. The molecule has 1 aromatic rings. The minimum absolute atomic E-state index is 0.0358. The Morgan fingerprint density at radius 1 is 1.17 bits per heavy atom. The second kappa shape index (κ2) is 7.00. The van der Waals surface area contributed by atoms with E-state index in [2.05, 4.69) is 0 Å². The molecule has 3 rings (SSSR count). The van der Waals surface area contributed by atoms with Gasteiger partial charge in [-0.3, -0.25) is 9.69 Å². The van der Waals surface area contributed by atoms with Crippen LogP contribution in [-0.2, 0) is 16.1 Å². The van der Waals surface area contributed by atoms with E-state index in [9.17, 15) is 9.59 Å². The second-order valence-corrected chi connectivity index (χ2v) is 6.25. The van der Waals surface area contributed by atoms with Gasteiger partial charge >= 0.3 is 12.1 Å². The van der Waals surface area contributed by atoms with Crippen LogP contribution in [0.1, 0.15) is 24.8 Å². The fraction of sp³-hybridized carbons (Fsp3) is 0.529. The largest absolute Gasteiger partial charge is 0.480 e. The summed E-state index contributed by atoms with van der Waals surface area (Å²) in [5.74, 6) is -0.824. The number of carbonyl (C=O) groups excluding carboxylic acids is 1. The first kappa shape index (κ1) is 15.8. The molecule has 2 aliphatic rings. The highest BCUT2D eigenvalue weighted by molar-refractivity contribution is 5.70. The van der Waals surface area contributed by atoms with Crippen LogP contribution in [0.3, 0.4) is 0 Å². The summed E-state index contributed by atoms with van der Waals surface area (Å²) in [6.45, 7) is 1.64. The first-order chi connectivity index (χ1) is 11.1. The van der Waals surface area contributed by atoms with Crippen LogP contribution < -0.4 is 0 Å². The smallest absolute Gasteiger partial charge is 0.410 e. The molecule has 1 amide bonds. The predicted octanol–water partition coefficient (Wildman–Crippen LogP) is 1.95. The van der Waals surface area contributed by atoms with Gasteiger partial charge in [-0.25, -0.2) is 4.79 Å². The Bertz CT molecular complexity index is 559. The summed E-state index contributed by atoms with van der Waals surface area (Å²) in [6.07, 6.45) is 2.55. The molecule has 0 aromatic heterocycles. The number of amides is 1. The number of carboxylic acids is 1. The summed E-state index contributed by atoms with van der Waals surface area (Å²) in [5.41, 5.74) is 0.968. The molecule has 6 heteroatoms. The Hall–Kier alpha value is -2.08. The van der Waals surface area contributed by atoms with Gasteiger partial charge < -0.3 is 14.7 Å². The second-order valence-electron chi connectivity index (χ2n) is 6.25. The number of hydrogen-bond donors (Lipinski definition) is 1. The van der Waals surface area contributed by atoms with Crippen molar-refractivity contribution >= 4 is 12.1 Å². The molecule has 0 bridgehead atoms. The van der Waals surface area contributed by atoms with Crippen molar-refractivity contribution < 1.29 is 19.4 Å². The van der Waals surface area contributed by atoms with Crippen molar-refractivity contribution in [3.8, 4) is 0 Å². The van der Waals surface area contributed by atoms with Gasteiger partial charge in [-0.2, -0.15) is 0 Å². The van der Waals surface area contributed by atoms with E-state index in [0.29, 0.717) is 13.1 Å². The van der Waals surface area contributed by atoms with Gasteiger partial charge in [-0.15, -0.1) is 0 Å². The van der Waals surface area contributed by atoms with Gasteiger partial charge in [-0.05, 0) is 24.8 Å². The van der Waals surface area contributed by atoms with Crippen LogP contribution in [-0.4, -0.2) is 58.7 Å². The van der Waals surface area contributed by atoms with Crippen LogP contribution in [0.5, 0.6) is 0 Å². The molecular weight excluding hydrogens is 296 g/mol. The molecule has 1 aromatic carbocycles. The number of likely N-dealkylation sites (tertiary alicyclic amines) is 1. The molecule has 6 nitrogen and oxygen atoms in total. The summed E-state index contributed by atoms with van der Waals surface area (Å²) < 4.78 is 5.47. The van der Waals surface area contributed by atoms with Crippen molar-refractivity contribution in [2.45, 2.75) is 38.0 Å². The molecule has 2 fully saturated rings.